The standard InChI is InChI=1S/C15H11ClF2N4O/c1-22-6-20-9-4-5-10(13(18)11(9)15(22)23)21-14-7(17)2-3-8(19)12(14)16/h2-6,21H,19H2,1H3. The van der Waals surface area contributed by atoms with E-state index in [2.05, 4.69) is 10.3 Å². The quantitative estimate of drug-likeness (QED) is 0.705. The Balaban J connectivity index is 2.19. The minimum Gasteiger partial charge on any atom is -0.397 e. The maximum atomic E-state index is 14.6. The van der Waals surface area contributed by atoms with Crippen molar-refractivity contribution in [2.24, 2.45) is 7.05 Å². The van der Waals surface area contributed by atoms with E-state index in [0.29, 0.717) is 0 Å². The molecule has 5 nitrogen and oxygen atoms in total. The highest BCUT2D eigenvalue weighted by Crippen LogP contribution is 2.34. The van der Waals surface area contributed by atoms with Crippen molar-refractivity contribution in [3.05, 3.63) is 57.6 Å². The van der Waals surface area contributed by atoms with Crippen LogP contribution in [0.1, 0.15) is 0 Å². The van der Waals surface area contributed by atoms with Gasteiger partial charge in [-0.2, -0.15) is 0 Å². The molecule has 0 bridgehead atoms. The first-order chi connectivity index (χ1) is 10.9. The van der Waals surface area contributed by atoms with Gasteiger partial charge in [-0.05, 0) is 24.3 Å². The molecule has 1 heterocycles. The molecule has 3 aromatic rings. The van der Waals surface area contributed by atoms with Crippen LogP contribution in [-0.2, 0) is 7.05 Å². The van der Waals surface area contributed by atoms with E-state index in [4.69, 9.17) is 17.3 Å². The van der Waals surface area contributed by atoms with Gasteiger partial charge in [-0.15, -0.1) is 0 Å². The van der Waals surface area contributed by atoms with Crippen LogP contribution in [0, 0.1) is 11.6 Å². The molecule has 23 heavy (non-hydrogen) atoms. The van der Waals surface area contributed by atoms with Crippen LogP contribution in [0.4, 0.5) is 25.8 Å². The van der Waals surface area contributed by atoms with E-state index in [0.717, 1.165) is 10.6 Å². The third kappa shape index (κ3) is 2.49. The number of nitrogens with one attached hydrogen (secondary N) is 1. The smallest absolute Gasteiger partial charge is 0.263 e. The average molecular weight is 337 g/mol. The molecular weight excluding hydrogens is 326 g/mol. The van der Waals surface area contributed by atoms with Crippen molar-refractivity contribution in [1.29, 1.82) is 0 Å². The molecular formula is C15H11ClF2N4O. The van der Waals surface area contributed by atoms with Gasteiger partial charge >= 0.3 is 0 Å². The van der Waals surface area contributed by atoms with Crippen LogP contribution >= 0.6 is 11.6 Å². The molecule has 118 valence electrons. The summed E-state index contributed by atoms with van der Waals surface area (Å²) in [4.78, 5) is 16.1. The van der Waals surface area contributed by atoms with Crippen molar-refractivity contribution in [2.45, 2.75) is 0 Å². The number of anilines is 3. The fraction of sp³-hybridized carbons (Fsp3) is 0.0667. The number of fused-ring (bicyclic) bond motifs is 1. The number of nitrogens with zero attached hydrogens (tertiary/aromatic N) is 2. The van der Waals surface area contributed by atoms with Gasteiger partial charge in [-0.3, -0.25) is 4.79 Å². The molecule has 0 aliphatic heterocycles. The molecule has 3 N–H and O–H groups in total. The Hall–Kier alpha value is -2.67. The predicted octanol–water partition coefficient (Wildman–Crippen LogP) is 3.19. The molecule has 0 amide bonds. The van der Waals surface area contributed by atoms with E-state index >= 15 is 0 Å². The zero-order valence-corrected chi connectivity index (χ0v) is 12.7. The van der Waals surface area contributed by atoms with Gasteiger partial charge in [0.1, 0.15) is 11.2 Å². The Morgan fingerprint density at radius 3 is 2.74 bits per heavy atom. The van der Waals surface area contributed by atoms with Crippen LogP contribution in [0.3, 0.4) is 0 Å². The summed E-state index contributed by atoms with van der Waals surface area (Å²) in [5.41, 5.74) is 5.16. The summed E-state index contributed by atoms with van der Waals surface area (Å²) in [5, 5.41) is 2.29. The zero-order valence-electron chi connectivity index (χ0n) is 11.9. The van der Waals surface area contributed by atoms with Crippen LogP contribution in [-0.4, -0.2) is 9.55 Å². The topological polar surface area (TPSA) is 72.9 Å². The molecule has 0 aliphatic carbocycles. The molecule has 8 heteroatoms. The van der Waals surface area contributed by atoms with Crippen LogP contribution < -0.4 is 16.6 Å². The molecule has 0 aliphatic rings. The van der Waals surface area contributed by atoms with E-state index in [1.165, 1.54) is 31.6 Å². The number of nitrogen functional groups attached to an aromatic ring is 1. The van der Waals surface area contributed by atoms with Gasteiger partial charge in [0.15, 0.2) is 5.82 Å². The minimum atomic E-state index is -0.839. The van der Waals surface area contributed by atoms with Gasteiger partial charge in [-0.25, -0.2) is 13.8 Å². The fourth-order valence-electron chi connectivity index (χ4n) is 2.17. The number of rotatable bonds is 2. The van der Waals surface area contributed by atoms with Crippen LogP contribution in [0.25, 0.3) is 10.9 Å². The SMILES string of the molecule is Cn1cnc2ccc(Nc3c(F)ccc(N)c3Cl)c(F)c2c1=O. The van der Waals surface area contributed by atoms with Crippen LogP contribution in [0.5, 0.6) is 0 Å². The van der Waals surface area contributed by atoms with Crippen molar-refractivity contribution in [1.82, 2.24) is 9.55 Å². The highest BCUT2D eigenvalue weighted by molar-refractivity contribution is 6.35. The number of halogens is 3. The lowest BCUT2D eigenvalue weighted by atomic mass is 10.2. The maximum absolute atomic E-state index is 14.6. The monoisotopic (exact) mass is 336 g/mol. The minimum absolute atomic E-state index is 0.0661. The average Bonchev–Trinajstić information content (AvgIpc) is 2.53. The number of hydrogen-bond donors (Lipinski definition) is 2. The number of benzene rings is 2. The lowest BCUT2D eigenvalue weighted by Crippen LogP contribution is -2.18. The largest absolute Gasteiger partial charge is 0.397 e. The Kier molecular flexibility index (Phi) is 3.65. The number of aromatic nitrogens is 2. The summed E-state index contributed by atoms with van der Waals surface area (Å²) < 4.78 is 29.7. The zero-order chi connectivity index (χ0) is 16.7. The van der Waals surface area contributed by atoms with Gasteiger partial charge < -0.3 is 15.6 Å². The van der Waals surface area contributed by atoms with E-state index in [1.54, 1.807) is 0 Å². The summed E-state index contributed by atoms with van der Waals surface area (Å²) in [6, 6.07) is 5.23. The third-order valence-electron chi connectivity index (χ3n) is 3.40. The number of aryl methyl sites for hydroxylation is 1. The van der Waals surface area contributed by atoms with Crippen molar-refractivity contribution in [3.63, 3.8) is 0 Å². The van der Waals surface area contributed by atoms with Crippen molar-refractivity contribution in [3.8, 4) is 0 Å². The van der Waals surface area contributed by atoms with Crippen LogP contribution in [0.2, 0.25) is 5.02 Å². The van der Waals surface area contributed by atoms with E-state index in [1.807, 2.05) is 0 Å². The first kappa shape index (κ1) is 15.2. The molecule has 3 rings (SSSR count). The van der Waals surface area contributed by atoms with Crippen LogP contribution in [0.15, 0.2) is 35.4 Å². The van der Waals surface area contributed by atoms with Crippen molar-refractivity contribution >= 4 is 39.6 Å². The summed E-state index contributed by atoms with van der Waals surface area (Å²) in [6.07, 6.45) is 1.30. The second kappa shape index (κ2) is 5.51. The van der Waals surface area contributed by atoms with Gasteiger partial charge in [0, 0.05) is 7.05 Å². The van der Waals surface area contributed by atoms with Gasteiger partial charge in [-0.1, -0.05) is 11.6 Å². The predicted molar refractivity (Wildman–Crippen MR) is 86.0 cm³/mol. The lowest BCUT2D eigenvalue weighted by Gasteiger charge is -2.13. The lowest BCUT2D eigenvalue weighted by molar-refractivity contribution is 0.628. The molecule has 0 spiro atoms. The van der Waals surface area contributed by atoms with Gasteiger partial charge in [0.25, 0.3) is 5.56 Å². The number of nitrogens with two attached hydrogens (primary N) is 1. The maximum Gasteiger partial charge on any atom is 0.263 e. The molecule has 1 aromatic heterocycles. The first-order valence-corrected chi connectivity index (χ1v) is 6.92. The normalized spacial score (nSPS) is 11.0. The molecule has 0 saturated carbocycles. The molecule has 2 aromatic carbocycles. The van der Waals surface area contributed by atoms with E-state index < -0.39 is 17.2 Å². The van der Waals surface area contributed by atoms with E-state index in [-0.39, 0.29) is 33.0 Å². The molecule has 0 fully saturated rings. The highest BCUT2D eigenvalue weighted by Gasteiger charge is 2.16. The number of hydrogen-bond acceptors (Lipinski definition) is 4. The highest BCUT2D eigenvalue weighted by atomic mass is 35.5. The second-order valence-electron chi connectivity index (χ2n) is 4.93. The Labute approximate surface area is 134 Å². The van der Waals surface area contributed by atoms with Gasteiger partial charge in [0.05, 0.1) is 33.9 Å². The van der Waals surface area contributed by atoms with Crippen molar-refractivity contribution in [2.75, 3.05) is 11.1 Å². The fourth-order valence-corrected chi connectivity index (χ4v) is 2.37. The first-order valence-electron chi connectivity index (χ1n) is 6.54. The van der Waals surface area contributed by atoms with Gasteiger partial charge in [0.2, 0.25) is 0 Å². The summed E-state index contributed by atoms with van der Waals surface area (Å²) in [6.45, 7) is 0. The molecule has 0 radical (unpaired) electrons. The Morgan fingerprint density at radius 2 is 2.00 bits per heavy atom. The summed E-state index contributed by atoms with van der Waals surface area (Å²) in [5.74, 6) is -1.53. The molecule has 0 saturated heterocycles. The molecule has 0 unspecified atom stereocenters. The Bertz CT molecular complexity index is 987. The van der Waals surface area contributed by atoms with Crippen molar-refractivity contribution < 1.29 is 8.78 Å². The van der Waals surface area contributed by atoms with E-state index in [9.17, 15) is 13.6 Å². The Morgan fingerprint density at radius 1 is 1.26 bits per heavy atom. The molecule has 0 atom stereocenters. The second-order valence-corrected chi connectivity index (χ2v) is 5.31. The summed E-state index contributed by atoms with van der Waals surface area (Å²) >= 11 is 5.95. The summed E-state index contributed by atoms with van der Waals surface area (Å²) in [7, 11) is 1.46. The third-order valence-corrected chi connectivity index (χ3v) is 3.81.